The number of benzene rings is 1. The summed E-state index contributed by atoms with van der Waals surface area (Å²) >= 11 is 0. The number of aromatic nitrogens is 5. The van der Waals surface area contributed by atoms with Gasteiger partial charge in [-0.25, -0.2) is 4.98 Å². The summed E-state index contributed by atoms with van der Waals surface area (Å²) in [7, 11) is 0. The van der Waals surface area contributed by atoms with Crippen molar-refractivity contribution in [1.82, 2.24) is 25.0 Å². The zero-order valence-electron chi connectivity index (χ0n) is 18.4. The lowest BCUT2D eigenvalue weighted by Crippen LogP contribution is -2.47. The van der Waals surface area contributed by atoms with Crippen molar-refractivity contribution < 1.29 is 4.79 Å². The number of fused-ring (bicyclic) bond motifs is 1. The third-order valence-corrected chi connectivity index (χ3v) is 6.11. The number of hydrogen-bond acceptors (Lipinski definition) is 7. The van der Waals surface area contributed by atoms with Crippen molar-refractivity contribution in [3.63, 3.8) is 0 Å². The molecule has 1 N–H and O–H groups in total. The second-order valence-corrected chi connectivity index (χ2v) is 8.50. The Morgan fingerprint density at radius 3 is 2.82 bits per heavy atom. The van der Waals surface area contributed by atoms with Gasteiger partial charge in [-0.3, -0.25) is 9.78 Å². The molecule has 34 heavy (non-hydrogen) atoms. The molecule has 166 valence electrons. The number of rotatable bonds is 5. The predicted octanol–water partition coefficient (Wildman–Crippen LogP) is 4.06. The molecule has 4 aromatic rings. The van der Waals surface area contributed by atoms with Gasteiger partial charge in [-0.1, -0.05) is 12.1 Å². The van der Waals surface area contributed by atoms with E-state index in [-0.39, 0.29) is 18.2 Å². The van der Waals surface area contributed by atoms with E-state index in [0.717, 1.165) is 22.0 Å². The Labute approximate surface area is 195 Å². The van der Waals surface area contributed by atoms with E-state index in [0.29, 0.717) is 30.0 Å². The third kappa shape index (κ3) is 3.74. The van der Waals surface area contributed by atoms with Crippen molar-refractivity contribution >= 4 is 22.6 Å². The van der Waals surface area contributed by atoms with Crippen molar-refractivity contribution in [2.75, 3.05) is 5.32 Å². The maximum Gasteiger partial charge on any atom is 0.222 e. The number of nitrogens with one attached hydrogen (secondary N) is 1. The van der Waals surface area contributed by atoms with Gasteiger partial charge in [-0.05, 0) is 43.2 Å². The van der Waals surface area contributed by atoms with Crippen LogP contribution in [0.3, 0.4) is 0 Å². The molecule has 0 saturated heterocycles. The highest BCUT2D eigenvalue weighted by molar-refractivity contribution is 5.97. The maximum atomic E-state index is 11.5. The lowest BCUT2D eigenvalue weighted by Gasteiger charge is -2.42. The molecule has 0 spiro atoms. The lowest BCUT2D eigenvalue weighted by molar-refractivity contribution is -0.114. The molecule has 3 aromatic heterocycles. The van der Waals surface area contributed by atoms with Gasteiger partial charge in [0, 0.05) is 29.6 Å². The van der Waals surface area contributed by atoms with E-state index in [1.54, 1.807) is 23.3 Å². The van der Waals surface area contributed by atoms with E-state index in [1.807, 2.05) is 36.4 Å². The monoisotopic (exact) mass is 448 g/mol. The zero-order chi connectivity index (χ0) is 23.7. The zero-order valence-corrected chi connectivity index (χ0v) is 18.4. The average molecular weight is 448 g/mol. The molecule has 5 rings (SSSR count). The number of carbonyl (C=O) groups excluding carboxylic acids is 1. The van der Waals surface area contributed by atoms with Crippen LogP contribution in [0.5, 0.6) is 0 Å². The Balaban J connectivity index is 1.60. The van der Waals surface area contributed by atoms with E-state index < -0.39 is 5.54 Å². The summed E-state index contributed by atoms with van der Waals surface area (Å²) in [6.07, 6.45) is 4.79. The lowest BCUT2D eigenvalue weighted by atomic mass is 9.68. The van der Waals surface area contributed by atoms with Crippen LogP contribution in [0.2, 0.25) is 0 Å². The summed E-state index contributed by atoms with van der Waals surface area (Å²) in [5.41, 5.74) is 3.22. The van der Waals surface area contributed by atoms with Crippen LogP contribution < -0.4 is 5.32 Å². The molecule has 1 fully saturated rings. The Bertz CT molecular complexity index is 1490. The predicted molar refractivity (Wildman–Crippen MR) is 125 cm³/mol. The molecule has 1 saturated carbocycles. The molecule has 0 unspecified atom stereocenters. The van der Waals surface area contributed by atoms with Gasteiger partial charge in [-0.2, -0.15) is 25.5 Å². The van der Waals surface area contributed by atoms with Crippen molar-refractivity contribution in [2.45, 2.75) is 31.7 Å². The number of amides is 1. The summed E-state index contributed by atoms with van der Waals surface area (Å²) in [5.74, 6) is 0.190. The first-order chi connectivity index (χ1) is 16.5. The Hall–Kier alpha value is -4.63. The van der Waals surface area contributed by atoms with Crippen LogP contribution in [0.1, 0.15) is 26.2 Å². The van der Waals surface area contributed by atoms with Crippen molar-refractivity contribution in [2.24, 2.45) is 5.92 Å². The summed E-state index contributed by atoms with van der Waals surface area (Å²) in [6, 6.07) is 17.7. The summed E-state index contributed by atoms with van der Waals surface area (Å²) in [5, 5.41) is 31.4. The van der Waals surface area contributed by atoms with Gasteiger partial charge in [0.15, 0.2) is 0 Å². The van der Waals surface area contributed by atoms with Crippen LogP contribution in [0.4, 0.5) is 5.82 Å². The fraction of sp³-hybridized carbons (Fsp3) is 0.240. The smallest absolute Gasteiger partial charge is 0.222 e. The highest BCUT2D eigenvalue weighted by atomic mass is 16.1. The van der Waals surface area contributed by atoms with Crippen LogP contribution in [0.15, 0.2) is 54.9 Å². The van der Waals surface area contributed by atoms with Crippen LogP contribution in [-0.4, -0.2) is 30.9 Å². The van der Waals surface area contributed by atoms with Crippen molar-refractivity contribution in [1.29, 1.82) is 10.5 Å². The van der Waals surface area contributed by atoms with E-state index in [2.05, 4.69) is 32.5 Å². The van der Waals surface area contributed by atoms with E-state index in [4.69, 9.17) is 5.10 Å². The number of carbonyl (C=O) groups is 1. The highest BCUT2D eigenvalue weighted by Crippen LogP contribution is 2.45. The first kappa shape index (κ1) is 21.2. The van der Waals surface area contributed by atoms with Crippen LogP contribution in [0, 0.1) is 28.6 Å². The van der Waals surface area contributed by atoms with Gasteiger partial charge >= 0.3 is 0 Å². The minimum Gasteiger partial charge on any atom is -0.311 e. The summed E-state index contributed by atoms with van der Waals surface area (Å²) in [4.78, 5) is 22.2. The summed E-state index contributed by atoms with van der Waals surface area (Å²) in [6.45, 7) is 1.44. The second-order valence-electron chi connectivity index (χ2n) is 8.50. The molecular formula is C25H20N8O. The van der Waals surface area contributed by atoms with Crippen molar-refractivity contribution in [3.8, 4) is 34.7 Å². The SMILES string of the molecule is CC(=O)Nc1cccc(-c2cc(-c3cnn([C@]4(CC#N)C[C@@H](C#N)C4)n3)c3cccnc3c2)n1. The van der Waals surface area contributed by atoms with E-state index >= 15 is 0 Å². The molecule has 1 aliphatic rings. The fourth-order valence-electron chi connectivity index (χ4n) is 4.48. The molecule has 3 heterocycles. The van der Waals surface area contributed by atoms with Crippen LogP contribution in [-0.2, 0) is 10.3 Å². The van der Waals surface area contributed by atoms with E-state index in [9.17, 15) is 15.3 Å². The number of anilines is 1. The van der Waals surface area contributed by atoms with E-state index in [1.165, 1.54) is 6.92 Å². The van der Waals surface area contributed by atoms with Gasteiger partial charge in [0.05, 0.1) is 47.4 Å². The molecule has 0 bridgehead atoms. The van der Waals surface area contributed by atoms with Crippen LogP contribution >= 0.6 is 0 Å². The van der Waals surface area contributed by atoms with Gasteiger partial charge < -0.3 is 5.32 Å². The molecule has 9 nitrogen and oxygen atoms in total. The average Bonchev–Trinajstić information content (AvgIpc) is 3.30. The molecular weight excluding hydrogens is 428 g/mol. The standard InChI is InChI=1S/C25H20N8O/c1-16(34)30-24-6-2-5-21(31-24)18-10-20(19-4-3-9-28-22(19)11-18)23-15-29-33(32-23)25(7-8-26)12-17(13-25)14-27/h2-6,9-11,15,17H,7,12-13H2,1H3,(H,30,31,34)/t17-,25-. The molecule has 1 aromatic carbocycles. The largest absolute Gasteiger partial charge is 0.311 e. The number of pyridine rings is 2. The van der Waals surface area contributed by atoms with Crippen LogP contribution in [0.25, 0.3) is 33.4 Å². The Morgan fingerprint density at radius 1 is 1.21 bits per heavy atom. The molecule has 0 atom stereocenters. The Kier molecular flexibility index (Phi) is 5.23. The molecule has 9 heteroatoms. The molecule has 0 radical (unpaired) electrons. The fourth-order valence-corrected chi connectivity index (χ4v) is 4.48. The number of hydrogen-bond donors (Lipinski definition) is 1. The minimum absolute atomic E-state index is 0.0851. The van der Waals surface area contributed by atoms with Gasteiger partial charge in [-0.15, -0.1) is 0 Å². The second kappa shape index (κ2) is 8.38. The third-order valence-electron chi connectivity index (χ3n) is 6.11. The molecule has 0 aliphatic heterocycles. The highest BCUT2D eigenvalue weighted by Gasteiger charge is 2.48. The first-order valence-electron chi connectivity index (χ1n) is 10.8. The summed E-state index contributed by atoms with van der Waals surface area (Å²) < 4.78 is 0. The van der Waals surface area contributed by atoms with Gasteiger partial charge in [0.25, 0.3) is 0 Å². The molecule has 1 aliphatic carbocycles. The Morgan fingerprint density at radius 2 is 2.06 bits per heavy atom. The minimum atomic E-state index is -0.548. The van der Waals surface area contributed by atoms with Gasteiger partial charge in [0.2, 0.25) is 5.91 Å². The topological polar surface area (TPSA) is 133 Å². The normalized spacial score (nSPS) is 19.1. The maximum absolute atomic E-state index is 11.5. The number of nitriles is 2. The van der Waals surface area contributed by atoms with Crippen molar-refractivity contribution in [3.05, 3.63) is 54.9 Å². The first-order valence-corrected chi connectivity index (χ1v) is 10.8. The quantitative estimate of drug-likeness (QED) is 0.487. The molecule has 1 amide bonds. The van der Waals surface area contributed by atoms with Gasteiger partial charge in [0.1, 0.15) is 11.5 Å². The number of nitrogens with zero attached hydrogens (tertiary/aromatic N) is 7.